The molecule has 0 fully saturated rings. The van der Waals surface area contributed by atoms with Gasteiger partial charge < -0.3 is 13.6 Å². The molecule has 102 valence electrons. The van der Waals surface area contributed by atoms with E-state index >= 15 is 0 Å². The largest absolute Gasteiger partial charge is 0.459 e. The van der Waals surface area contributed by atoms with Gasteiger partial charge in [-0.05, 0) is 32.0 Å². The second-order valence-electron chi connectivity index (χ2n) is 4.28. The number of carbonyl (C=O) groups is 1. The van der Waals surface area contributed by atoms with Crippen LogP contribution in [0.3, 0.4) is 0 Å². The molecule has 1 aromatic carbocycles. The number of aromatic nitrogens is 2. The number of hydrogen-bond donors (Lipinski definition) is 0. The molecule has 2 heterocycles. The minimum Gasteiger partial charge on any atom is -0.459 e. The Balaban J connectivity index is 1.96. The van der Waals surface area contributed by atoms with Crippen LogP contribution < -0.4 is 0 Å². The van der Waals surface area contributed by atoms with E-state index in [0.717, 1.165) is 16.5 Å². The Morgan fingerprint density at radius 1 is 1.25 bits per heavy atom. The van der Waals surface area contributed by atoms with Gasteiger partial charge in [-0.15, -0.1) is 10.2 Å². The minimum atomic E-state index is -0.641. The number of ether oxygens (including phenoxy) is 1. The number of benzene rings is 1. The summed E-state index contributed by atoms with van der Waals surface area (Å²) in [5.41, 5.74) is 1.85. The summed E-state index contributed by atoms with van der Waals surface area (Å²) in [5.74, 6) is -0.243. The standard InChI is InChI=1S/C14H12N2O4/c1-3-18-14(17)13-16-15-12(20-13)11-7-9-6-8(2)4-5-10(9)19-11/h4-7H,3H2,1-2H3. The SMILES string of the molecule is CCOC(=O)c1nnc(-c2cc3cc(C)ccc3o2)o1. The molecule has 6 nitrogen and oxygen atoms in total. The van der Waals surface area contributed by atoms with Gasteiger partial charge in [-0.2, -0.15) is 0 Å². The Kier molecular flexibility index (Phi) is 2.98. The van der Waals surface area contributed by atoms with E-state index in [1.807, 2.05) is 25.1 Å². The van der Waals surface area contributed by atoms with Gasteiger partial charge in [0.1, 0.15) is 5.58 Å². The maximum absolute atomic E-state index is 11.5. The second kappa shape index (κ2) is 4.80. The maximum atomic E-state index is 11.5. The third-order valence-electron chi connectivity index (χ3n) is 2.76. The molecule has 0 unspecified atom stereocenters. The highest BCUT2D eigenvalue weighted by Gasteiger charge is 2.19. The number of aryl methyl sites for hydroxylation is 1. The molecule has 0 saturated heterocycles. The number of hydrogen-bond acceptors (Lipinski definition) is 6. The molecule has 0 radical (unpaired) electrons. The van der Waals surface area contributed by atoms with Crippen LogP contribution in [0.25, 0.3) is 22.6 Å². The van der Waals surface area contributed by atoms with Crippen molar-refractivity contribution < 1.29 is 18.4 Å². The van der Waals surface area contributed by atoms with Crippen molar-refractivity contribution in [3.8, 4) is 11.7 Å². The van der Waals surface area contributed by atoms with Crippen LogP contribution in [0.1, 0.15) is 23.2 Å². The van der Waals surface area contributed by atoms with Gasteiger partial charge in [-0.1, -0.05) is 11.6 Å². The van der Waals surface area contributed by atoms with Gasteiger partial charge in [0.15, 0.2) is 5.76 Å². The number of rotatable bonds is 3. The molecule has 3 aromatic rings. The number of carbonyl (C=O) groups excluding carboxylic acids is 1. The van der Waals surface area contributed by atoms with Crippen LogP contribution in [-0.4, -0.2) is 22.8 Å². The normalized spacial score (nSPS) is 10.9. The van der Waals surface area contributed by atoms with Crippen LogP contribution >= 0.6 is 0 Å². The number of nitrogens with zero attached hydrogens (tertiary/aromatic N) is 2. The molecule has 0 aliphatic carbocycles. The van der Waals surface area contributed by atoms with Gasteiger partial charge in [0.2, 0.25) is 0 Å². The molecule has 0 atom stereocenters. The number of esters is 1. The van der Waals surface area contributed by atoms with E-state index in [9.17, 15) is 4.79 Å². The lowest BCUT2D eigenvalue weighted by atomic mass is 10.2. The molecule has 0 bridgehead atoms. The van der Waals surface area contributed by atoms with Gasteiger partial charge in [0, 0.05) is 5.39 Å². The van der Waals surface area contributed by atoms with E-state index < -0.39 is 5.97 Å². The fourth-order valence-electron chi connectivity index (χ4n) is 1.87. The third kappa shape index (κ3) is 2.16. The monoisotopic (exact) mass is 272 g/mol. The quantitative estimate of drug-likeness (QED) is 0.682. The van der Waals surface area contributed by atoms with E-state index in [4.69, 9.17) is 13.6 Å². The fraction of sp³-hybridized carbons (Fsp3) is 0.214. The average molecular weight is 272 g/mol. The molecule has 0 aliphatic heterocycles. The van der Waals surface area contributed by atoms with Gasteiger partial charge in [-0.3, -0.25) is 0 Å². The summed E-state index contributed by atoms with van der Waals surface area (Å²) in [6, 6.07) is 7.61. The predicted molar refractivity (Wildman–Crippen MR) is 70.2 cm³/mol. The Bertz CT molecular complexity index is 772. The Morgan fingerprint density at radius 2 is 2.10 bits per heavy atom. The summed E-state index contributed by atoms with van der Waals surface area (Å²) in [6.45, 7) is 3.95. The van der Waals surface area contributed by atoms with Crippen molar-refractivity contribution in [1.29, 1.82) is 0 Å². The van der Waals surface area contributed by atoms with Crippen LogP contribution in [0.5, 0.6) is 0 Å². The molecular formula is C14H12N2O4. The number of furan rings is 1. The highest BCUT2D eigenvalue weighted by molar-refractivity contribution is 5.85. The highest BCUT2D eigenvalue weighted by atomic mass is 16.5. The lowest BCUT2D eigenvalue weighted by molar-refractivity contribution is 0.0481. The summed E-state index contributed by atoms with van der Waals surface area (Å²) < 4.78 is 15.7. The fourth-order valence-corrected chi connectivity index (χ4v) is 1.87. The molecule has 0 amide bonds. The van der Waals surface area contributed by atoms with Gasteiger partial charge >= 0.3 is 11.9 Å². The van der Waals surface area contributed by atoms with Crippen LogP contribution in [0.4, 0.5) is 0 Å². The molecular weight excluding hydrogens is 260 g/mol. The van der Waals surface area contributed by atoms with E-state index in [1.54, 1.807) is 13.0 Å². The van der Waals surface area contributed by atoms with Crippen LogP contribution in [0.15, 0.2) is 33.1 Å². The minimum absolute atomic E-state index is 0.155. The van der Waals surface area contributed by atoms with Gasteiger partial charge in [0.25, 0.3) is 5.89 Å². The van der Waals surface area contributed by atoms with Crippen molar-refractivity contribution in [2.45, 2.75) is 13.8 Å². The molecule has 20 heavy (non-hydrogen) atoms. The first-order chi connectivity index (χ1) is 9.67. The van der Waals surface area contributed by atoms with Crippen LogP contribution in [-0.2, 0) is 4.74 Å². The Hall–Kier alpha value is -2.63. The first kappa shape index (κ1) is 12.4. The molecule has 6 heteroatoms. The summed E-state index contributed by atoms with van der Waals surface area (Å²) >= 11 is 0. The summed E-state index contributed by atoms with van der Waals surface area (Å²) in [7, 11) is 0. The predicted octanol–water partition coefficient (Wildman–Crippen LogP) is 2.97. The molecule has 0 saturated carbocycles. The average Bonchev–Trinajstić information content (AvgIpc) is 3.04. The van der Waals surface area contributed by atoms with Crippen molar-refractivity contribution in [2.75, 3.05) is 6.61 Å². The summed E-state index contributed by atoms with van der Waals surface area (Å²) in [5, 5.41) is 8.38. The highest BCUT2D eigenvalue weighted by Crippen LogP contribution is 2.27. The third-order valence-corrected chi connectivity index (χ3v) is 2.76. The van der Waals surface area contributed by atoms with E-state index in [2.05, 4.69) is 10.2 Å². The van der Waals surface area contributed by atoms with E-state index in [-0.39, 0.29) is 18.4 Å². The molecule has 0 N–H and O–H groups in total. The lowest BCUT2D eigenvalue weighted by Crippen LogP contribution is -2.04. The Labute approximate surface area is 114 Å². The first-order valence-corrected chi connectivity index (χ1v) is 6.18. The van der Waals surface area contributed by atoms with Crippen molar-refractivity contribution in [3.05, 3.63) is 35.7 Å². The van der Waals surface area contributed by atoms with E-state index in [1.165, 1.54) is 0 Å². The Morgan fingerprint density at radius 3 is 2.90 bits per heavy atom. The topological polar surface area (TPSA) is 78.4 Å². The van der Waals surface area contributed by atoms with Crippen molar-refractivity contribution in [2.24, 2.45) is 0 Å². The smallest absolute Gasteiger partial charge is 0.396 e. The molecule has 2 aromatic heterocycles. The second-order valence-corrected chi connectivity index (χ2v) is 4.28. The van der Waals surface area contributed by atoms with Crippen molar-refractivity contribution in [1.82, 2.24) is 10.2 Å². The maximum Gasteiger partial charge on any atom is 0.396 e. The lowest BCUT2D eigenvalue weighted by Gasteiger charge is -1.93. The molecule has 0 aliphatic rings. The zero-order chi connectivity index (χ0) is 14.1. The summed E-state index contributed by atoms with van der Waals surface area (Å²) in [4.78, 5) is 11.5. The number of fused-ring (bicyclic) bond motifs is 1. The van der Waals surface area contributed by atoms with E-state index in [0.29, 0.717) is 5.76 Å². The molecule has 3 rings (SSSR count). The molecule has 0 spiro atoms. The zero-order valence-corrected chi connectivity index (χ0v) is 11.0. The van der Waals surface area contributed by atoms with Crippen LogP contribution in [0.2, 0.25) is 0 Å². The first-order valence-electron chi connectivity index (χ1n) is 6.18. The van der Waals surface area contributed by atoms with Crippen molar-refractivity contribution >= 4 is 16.9 Å². The van der Waals surface area contributed by atoms with Crippen molar-refractivity contribution in [3.63, 3.8) is 0 Å². The van der Waals surface area contributed by atoms with Gasteiger partial charge in [0.05, 0.1) is 6.61 Å². The zero-order valence-electron chi connectivity index (χ0n) is 11.0. The summed E-state index contributed by atoms with van der Waals surface area (Å²) in [6.07, 6.45) is 0. The van der Waals surface area contributed by atoms with Crippen LogP contribution in [0, 0.1) is 6.92 Å². The van der Waals surface area contributed by atoms with Gasteiger partial charge in [-0.25, -0.2) is 4.79 Å².